The molecule has 0 radical (unpaired) electrons. The monoisotopic (exact) mass is 259 g/mol. The van der Waals surface area contributed by atoms with Crippen molar-refractivity contribution in [1.82, 2.24) is 5.32 Å². The second kappa shape index (κ2) is 9.37. The molecule has 18 heavy (non-hydrogen) atoms. The molecule has 0 unspecified atom stereocenters. The van der Waals surface area contributed by atoms with Gasteiger partial charge in [-0.2, -0.15) is 0 Å². The van der Waals surface area contributed by atoms with Crippen molar-refractivity contribution in [3.63, 3.8) is 0 Å². The van der Waals surface area contributed by atoms with Crippen LogP contribution in [0, 0.1) is 10.8 Å². The standard InChI is InChI=1S/C13H27NO2.C2H6/c1-7-12(3,4)9-16-10-13(5,6)8-14-11(2)15;1-2/h7-10H2,1-6H3,(H,14,15);1-2H3. The molecule has 0 spiro atoms. The van der Waals surface area contributed by atoms with Gasteiger partial charge in [0.25, 0.3) is 0 Å². The van der Waals surface area contributed by atoms with Gasteiger partial charge in [-0.15, -0.1) is 0 Å². The van der Waals surface area contributed by atoms with E-state index in [1.807, 2.05) is 13.8 Å². The second-order valence-electron chi connectivity index (χ2n) is 6.08. The van der Waals surface area contributed by atoms with Gasteiger partial charge in [0, 0.05) is 18.9 Å². The van der Waals surface area contributed by atoms with Crippen LogP contribution in [0.4, 0.5) is 0 Å². The largest absolute Gasteiger partial charge is 0.380 e. The van der Waals surface area contributed by atoms with Crippen molar-refractivity contribution in [2.45, 2.75) is 61.8 Å². The van der Waals surface area contributed by atoms with Crippen molar-refractivity contribution >= 4 is 5.91 Å². The van der Waals surface area contributed by atoms with Crippen LogP contribution < -0.4 is 5.32 Å². The lowest BCUT2D eigenvalue weighted by molar-refractivity contribution is -0.119. The lowest BCUT2D eigenvalue weighted by Crippen LogP contribution is -2.36. The Labute approximate surface area is 114 Å². The molecule has 0 atom stereocenters. The highest BCUT2D eigenvalue weighted by Crippen LogP contribution is 2.22. The third kappa shape index (κ3) is 11.9. The molecule has 0 aliphatic heterocycles. The molecule has 0 aliphatic carbocycles. The number of ether oxygens (including phenoxy) is 1. The van der Waals surface area contributed by atoms with E-state index in [-0.39, 0.29) is 16.7 Å². The Balaban J connectivity index is 0. The van der Waals surface area contributed by atoms with Crippen molar-refractivity contribution < 1.29 is 9.53 Å². The Morgan fingerprint density at radius 2 is 1.50 bits per heavy atom. The van der Waals surface area contributed by atoms with Crippen molar-refractivity contribution in [3.05, 3.63) is 0 Å². The number of carbonyl (C=O) groups excluding carboxylic acids is 1. The number of hydrogen-bond donors (Lipinski definition) is 1. The van der Waals surface area contributed by atoms with E-state index >= 15 is 0 Å². The summed E-state index contributed by atoms with van der Waals surface area (Å²) in [5.74, 6) is 0.0157. The van der Waals surface area contributed by atoms with Crippen LogP contribution in [-0.4, -0.2) is 25.7 Å². The van der Waals surface area contributed by atoms with Gasteiger partial charge in [-0.3, -0.25) is 4.79 Å². The molecule has 0 heterocycles. The molecule has 0 aromatic heterocycles. The van der Waals surface area contributed by atoms with Crippen LogP contribution in [0.25, 0.3) is 0 Å². The average Bonchev–Trinajstić information content (AvgIpc) is 2.29. The number of rotatable bonds is 7. The molecule has 0 saturated carbocycles. The fourth-order valence-corrected chi connectivity index (χ4v) is 1.12. The summed E-state index contributed by atoms with van der Waals surface area (Å²) >= 11 is 0. The second-order valence-corrected chi connectivity index (χ2v) is 6.08. The predicted octanol–water partition coefficient (Wildman–Crippen LogP) is 3.63. The van der Waals surface area contributed by atoms with E-state index in [9.17, 15) is 4.79 Å². The zero-order valence-corrected chi connectivity index (χ0v) is 13.6. The van der Waals surface area contributed by atoms with Crippen molar-refractivity contribution in [2.75, 3.05) is 19.8 Å². The van der Waals surface area contributed by atoms with Crippen LogP contribution in [0.5, 0.6) is 0 Å². The Morgan fingerprint density at radius 3 is 1.89 bits per heavy atom. The van der Waals surface area contributed by atoms with Gasteiger partial charge in [-0.05, 0) is 11.8 Å². The normalized spacial score (nSPS) is 11.6. The molecule has 0 aliphatic rings. The van der Waals surface area contributed by atoms with E-state index in [2.05, 4.69) is 39.9 Å². The average molecular weight is 259 g/mol. The van der Waals surface area contributed by atoms with E-state index < -0.39 is 0 Å². The van der Waals surface area contributed by atoms with Crippen LogP contribution in [0.15, 0.2) is 0 Å². The predicted molar refractivity (Wildman–Crippen MR) is 78.7 cm³/mol. The Hall–Kier alpha value is -0.570. The topological polar surface area (TPSA) is 38.3 Å². The van der Waals surface area contributed by atoms with Crippen LogP contribution >= 0.6 is 0 Å². The highest BCUT2D eigenvalue weighted by Gasteiger charge is 2.21. The summed E-state index contributed by atoms with van der Waals surface area (Å²) in [7, 11) is 0. The maximum Gasteiger partial charge on any atom is 0.216 e. The molecule has 3 nitrogen and oxygen atoms in total. The van der Waals surface area contributed by atoms with Crippen molar-refractivity contribution in [1.29, 1.82) is 0 Å². The van der Waals surface area contributed by atoms with Gasteiger partial charge < -0.3 is 10.1 Å². The fraction of sp³-hybridized carbons (Fsp3) is 0.933. The highest BCUT2D eigenvalue weighted by molar-refractivity contribution is 5.72. The Bertz CT molecular complexity index is 223. The molecule has 110 valence electrons. The van der Waals surface area contributed by atoms with E-state index in [1.54, 1.807) is 0 Å². The minimum atomic E-state index is -0.00447. The summed E-state index contributed by atoms with van der Waals surface area (Å²) in [6.45, 7) is 18.4. The van der Waals surface area contributed by atoms with Crippen LogP contribution in [0.1, 0.15) is 61.8 Å². The third-order valence-electron chi connectivity index (χ3n) is 2.76. The maximum absolute atomic E-state index is 10.8. The molecule has 1 amide bonds. The van der Waals surface area contributed by atoms with Gasteiger partial charge in [0.2, 0.25) is 5.91 Å². The minimum absolute atomic E-state index is 0.00447. The van der Waals surface area contributed by atoms with Gasteiger partial charge in [0.05, 0.1) is 13.2 Å². The zero-order chi connectivity index (χ0) is 14.8. The molecule has 0 rings (SSSR count). The summed E-state index contributed by atoms with van der Waals surface area (Å²) < 4.78 is 5.74. The SMILES string of the molecule is CC.CCC(C)(C)COCC(C)(C)CNC(C)=O. The molecule has 0 aromatic carbocycles. The number of carbonyl (C=O) groups is 1. The molecular weight excluding hydrogens is 226 g/mol. The molecule has 0 bridgehead atoms. The third-order valence-corrected chi connectivity index (χ3v) is 2.76. The van der Waals surface area contributed by atoms with Gasteiger partial charge >= 0.3 is 0 Å². The van der Waals surface area contributed by atoms with E-state index in [0.717, 1.165) is 13.0 Å². The Morgan fingerprint density at radius 1 is 1.06 bits per heavy atom. The summed E-state index contributed by atoms with van der Waals surface area (Å²) in [4.78, 5) is 10.8. The van der Waals surface area contributed by atoms with E-state index in [0.29, 0.717) is 13.2 Å². The first-order valence-electron chi connectivity index (χ1n) is 7.01. The van der Waals surface area contributed by atoms with Gasteiger partial charge in [0.15, 0.2) is 0 Å². The maximum atomic E-state index is 10.8. The lowest BCUT2D eigenvalue weighted by atomic mass is 9.91. The van der Waals surface area contributed by atoms with Crippen LogP contribution in [0.2, 0.25) is 0 Å². The van der Waals surface area contributed by atoms with Gasteiger partial charge in [0.1, 0.15) is 0 Å². The van der Waals surface area contributed by atoms with Gasteiger partial charge in [-0.25, -0.2) is 0 Å². The smallest absolute Gasteiger partial charge is 0.216 e. The molecule has 0 saturated heterocycles. The molecule has 1 N–H and O–H groups in total. The zero-order valence-electron chi connectivity index (χ0n) is 13.6. The van der Waals surface area contributed by atoms with Crippen LogP contribution in [-0.2, 0) is 9.53 Å². The van der Waals surface area contributed by atoms with Gasteiger partial charge in [-0.1, -0.05) is 48.5 Å². The fourth-order valence-electron chi connectivity index (χ4n) is 1.12. The van der Waals surface area contributed by atoms with E-state index in [4.69, 9.17) is 4.74 Å². The first-order valence-corrected chi connectivity index (χ1v) is 7.01. The summed E-state index contributed by atoms with van der Waals surface area (Å²) in [5.41, 5.74) is 0.236. The number of amides is 1. The van der Waals surface area contributed by atoms with Crippen molar-refractivity contribution in [2.24, 2.45) is 10.8 Å². The summed E-state index contributed by atoms with van der Waals surface area (Å²) in [6, 6.07) is 0. The highest BCUT2D eigenvalue weighted by atomic mass is 16.5. The number of nitrogens with one attached hydrogen (secondary N) is 1. The Kier molecular flexibility index (Phi) is 10.3. The quantitative estimate of drug-likeness (QED) is 0.758. The van der Waals surface area contributed by atoms with E-state index in [1.165, 1.54) is 6.92 Å². The molecule has 3 heteroatoms. The first kappa shape index (κ1) is 19.8. The lowest BCUT2D eigenvalue weighted by Gasteiger charge is -2.28. The molecule has 0 aromatic rings. The minimum Gasteiger partial charge on any atom is -0.380 e. The van der Waals surface area contributed by atoms with Crippen LogP contribution in [0.3, 0.4) is 0 Å². The summed E-state index contributed by atoms with van der Waals surface area (Å²) in [6.07, 6.45) is 1.11. The first-order chi connectivity index (χ1) is 8.18. The van der Waals surface area contributed by atoms with Crippen molar-refractivity contribution in [3.8, 4) is 0 Å². The molecular formula is C15H33NO2. The summed E-state index contributed by atoms with van der Waals surface area (Å²) in [5, 5.41) is 2.83. The number of hydrogen-bond acceptors (Lipinski definition) is 2. The molecule has 0 fully saturated rings.